The second kappa shape index (κ2) is 2.87. The summed E-state index contributed by atoms with van der Waals surface area (Å²) in [4.78, 5) is 0. The van der Waals surface area contributed by atoms with Crippen LogP contribution in [0, 0.1) is 6.92 Å². The first-order chi connectivity index (χ1) is 6.52. The summed E-state index contributed by atoms with van der Waals surface area (Å²) < 4.78 is 24.4. The molecule has 3 heteroatoms. The third-order valence-electron chi connectivity index (χ3n) is 1.85. The van der Waals surface area contributed by atoms with Crippen molar-refractivity contribution in [3.63, 3.8) is 0 Å². The average molecular weight is 187 g/mol. The molecule has 0 atom stereocenters. The van der Waals surface area contributed by atoms with Crippen LogP contribution in [0.4, 0.5) is 0 Å². The van der Waals surface area contributed by atoms with Crippen LogP contribution in [0.1, 0.15) is 13.9 Å². The van der Waals surface area contributed by atoms with E-state index in [1.807, 2.05) is 6.92 Å². The van der Waals surface area contributed by atoms with Gasteiger partial charge in [-0.25, -0.2) is 0 Å². The van der Waals surface area contributed by atoms with Gasteiger partial charge in [-0.05, 0) is 30.2 Å². The highest BCUT2D eigenvalue weighted by atomic mass is 35.5. The first kappa shape index (κ1) is 5.70. The quantitative estimate of drug-likeness (QED) is 0.628. The van der Waals surface area contributed by atoms with Crippen molar-refractivity contribution in [1.82, 2.24) is 0 Å². The number of benzene rings is 1. The van der Waals surface area contributed by atoms with Gasteiger partial charge in [-0.1, -0.05) is 0 Å². The van der Waals surface area contributed by atoms with Crippen LogP contribution >= 0.6 is 11.6 Å². The van der Waals surface area contributed by atoms with E-state index in [1.54, 1.807) is 12.1 Å². The molecule has 1 aromatic rings. The minimum atomic E-state index is -2.06. The summed E-state index contributed by atoms with van der Waals surface area (Å²) in [7, 11) is 0. The molecule has 0 amide bonds. The normalized spacial score (nSPS) is 20.2. The first-order valence-electron chi connectivity index (χ1n) is 4.59. The Morgan fingerprint density at radius 1 is 1.50 bits per heavy atom. The summed E-state index contributed by atoms with van der Waals surface area (Å²) in [6.45, 7) is -0.158. The number of hydrogen-bond acceptors (Lipinski definition) is 2. The van der Waals surface area contributed by atoms with Crippen LogP contribution in [-0.2, 0) is 5.88 Å². The van der Waals surface area contributed by atoms with Crippen molar-refractivity contribution in [2.75, 3.05) is 6.75 Å². The highest BCUT2D eigenvalue weighted by Crippen LogP contribution is 2.34. The van der Waals surface area contributed by atoms with E-state index in [4.69, 9.17) is 23.8 Å². The van der Waals surface area contributed by atoms with Crippen LogP contribution in [0.15, 0.2) is 12.1 Å². The molecular weight excluding hydrogens is 176 g/mol. The van der Waals surface area contributed by atoms with Gasteiger partial charge in [0.2, 0.25) is 6.75 Å². The fourth-order valence-corrected chi connectivity index (χ4v) is 1.41. The van der Waals surface area contributed by atoms with Crippen molar-refractivity contribution < 1.29 is 12.2 Å². The zero-order chi connectivity index (χ0) is 10.3. The maximum absolute atomic E-state index is 7.26. The van der Waals surface area contributed by atoms with Gasteiger partial charge in [-0.2, -0.15) is 0 Å². The average Bonchev–Trinajstić information content (AvgIpc) is 2.36. The molecule has 12 heavy (non-hydrogen) atoms. The third-order valence-corrected chi connectivity index (χ3v) is 2.14. The van der Waals surface area contributed by atoms with Crippen LogP contribution in [0.3, 0.4) is 0 Å². The lowest BCUT2D eigenvalue weighted by Gasteiger charge is -2.03. The zero-order valence-corrected chi connectivity index (χ0v) is 7.31. The molecule has 1 aliphatic heterocycles. The Balaban J connectivity index is 2.44. The first-order valence-corrected chi connectivity index (χ1v) is 4.13. The van der Waals surface area contributed by atoms with Crippen LogP contribution in [0.5, 0.6) is 11.5 Å². The molecule has 0 saturated heterocycles. The Kier molecular flexibility index (Phi) is 1.36. The van der Waals surface area contributed by atoms with Gasteiger partial charge in [0.15, 0.2) is 11.5 Å². The molecule has 0 bridgehead atoms. The Morgan fingerprint density at radius 3 is 2.83 bits per heavy atom. The summed E-state index contributed by atoms with van der Waals surface area (Å²) >= 11 is 5.71. The summed E-state index contributed by atoms with van der Waals surface area (Å²) in [5.41, 5.74) is 1.90. The van der Waals surface area contributed by atoms with E-state index >= 15 is 0 Å². The van der Waals surface area contributed by atoms with Gasteiger partial charge < -0.3 is 9.47 Å². The minimum absolute atomic E-state index is 0.380. The van der Waals surface area contributed by atoms with Gasteiger partial charge >= 0.3 is 0 Å². The van der Waals surface area contributed by atoms with Crippen LogP contribution in [-0.4, -0.2) is 6.75 Å². The Bertz CT molecular complexity index is 379. The van der Waals surface area contributed by atoms with E-state index in [2.05, 4.69) is 0 Å². The van der Waals surface area contributed by atoms with E-state index in [0.717, 1.165) is 11.1 Å². The molecule has 1 aromatic carbocycles. The maximum atomic E-state index is 7.26. The number of aryl methyl sites for hydroxylation is 1. The number of rotatable bonds is 1. The zero-order valence-electron chi connectivity index (χ0n) is 8.56. The smallest absolute Gasteiger partial charge is 0.231 e. The molecule has 64 valence electrons. The SMILES string of the molecule is [2H]C1([2H])Oc2cc(C)c(CCl)cc2O1. The molecule has 0 aliphatic carbocycles. The van der Waals surface area contributed by atoms with Gasteiger partial charge in [0.25, 0.3) is 0 Å². The lowest BCUT2D eigenvalue weighted by Crippen LogP contribution is -1.92. The number of halogens is 1. The Hall–Kier alpha value is -0.890. The van der Waals surface area contributed by atoms with Crippen LogP contribution in [0.2, 0.25) is 0 Å². The van der Waals surface area contributed by atoms with E-state index in [-0.39, 0.29) is 0 Å². The van der Waals surface area contributed by atoms with E-state index in [9.17, 15) is 0 Å². The fourth-order valence-electron chi connectivity index (χ4n) is 1.12. The Labute approximate surface area is 78.9 Å². The third kappa shape index (κ3) is 1.12. The van der Waals surface area contributed by atoms with Crippen LogP contribution < -0.4 is 9.47 Å². The molecule has 0 spiro atoms. The second-order valence-corrected chi connectivity index (χ2v) is 2.91. The van der Waals surface area contributed by atoms with Crippen molar-refractivity contribution in [2.24, 2.45) is 0 Å². The van der Waals surface area contributed by atoms with Gasteiger partial charge in [0.05, 0.1) is 0 Å². The molecule has 0 aromatic heterocycles. The van der Waals surface area contributed by atoms with Crippen molar-refractivity contribution in [3.8, 4) is 11.5 Å². The molecule has 1 aliphatic rings. The summed E-state index contributed by atoms with van der Waals surface area (Å²) in [6.07, 6.45) is 0. The molecule has 0 saturated carbocycles. The monoisotopic (exact) mass is 186 g/mol. The van der Waals surface area contributed by atoms with Gasteiger partial charge in [-0.15, -0.1) is 11.6 Å². The molecule has 0 N–H and O–H groups in total. The molecule has 0 fully saturated rings. The molecular formula is C9H9ClO2. The largest absolute Gasteiger partial charge is 0.454 e. The van der Waals surface area contributed by atoms with Gasteiger partial charge in [-0.3, -0.25) is 0 Å². The number of alkyl halides is 1. The highest BCUT2D eigenvalue weighted by Gasteiger charge is 2.14. The van der Waals surface area contributed by atoms with Gasteiger partial charge in [0.1, 0.15) is 2.74 Å². The lowest BCUT2D eigenvalue weighted by atomic mass is 10.1. The number of ether oxygens (including phenoxy) is 2. The number of fused-ring (bicyclic) bond motifs is 1. The van der Waals surface area contributed by atoms with Crippen molar-refractivity contribution in [3.05, 3.63) is 23.3 Å². The molecule has 1 heterocycles. The molecule has 2 nitrogen and oxygen atoms in total. The topological polar surface area (TPSA) is 18.5 Å². The van der Waals surface area contributed by atoms with Crippen LogP contribution in [0.25, 0.3) is 0 Å². The summed E-state index contributed by atoms with van der Waals surface area (Å²) in [5, 5.41) is 0. The summed E-state index contributed by atoms with van der Waals surface area (Å²) in [5.74, 6) is 1.23. The predicted molar refractivity (Wildman–Crippen MR) is 46.9 cm³/mol. The maximum Gasteiger partial charge on any atom is 0.231 e. The van der Waals surface area contributed by atoms with E-state index < -0.39 is 6.75 Å². The minimum Gasteiger partial charge on any atom is -0.454 e. The fraction of sp³-hybridized carbons (Fsp3) is 0.333. The molecule has 0 unspecified atom stereocenters. The molecule has 0 radical (unpaired) electrons. The van der Waals surface area contributed by atoms with E-state index in [1.165, 1.54) is 0 Å². The highest BCUT2D eigenvalue weighted by molar-refractivity contribution is 6.17. The standard InChI is InChI=1S/C9H9ClO2/c1-6-2-8-9(12-5-11-8)3-7(6)4-10/h2-3H,4-5H2,1H3/i5D2. The van der Waals surface area contributed by atoms with Gasteiger partial charge in [0, 0.05) is 5.88 Å². The van der Waals surface area contributed by atoms with Crippen molar-refractivity contribution in [1.29, 1.82) is 0 Å². The van der Waals surface area contributed by atoms with Crippen molar-refractivity contribution in [2.45, 2.75) is 12.8 Å². The molecule has 2 rings (SSSR count). The second-order valence-electron chi connectivity index (χ2n) is 2.65. The lowest BCUT2D eigenvalue weighted by molar-refractivity contribution is 0.174. The summed E-state index contributed by atoms with van der Waals surface area (Å²) in [6, 6.07) is 3.44. The van der Waals surface area contributed by atoms with E-state index in [0.29, 0.717) is 17.4 Å². The van der Waals surface area contributed by atoms with Crippen molar-refractivity contribution >= 4 is 11.6 Å². The Morgan fingerprint density at radius 2 is 2.17 bits per heavy atom. The number of hydrogen-bond donors (Lipinski definition) is 0. The predicted octanol–water partition coefficient (Wildman–Crippen LogP) is 2.46.